The van der Waals surface area contributed by atoms with Gasteiger partial charge in [0.1, 0.15) is 6.04 Å². The van der Waals surface area contributed by atoms with Gasteiger partial charge in [0.2, 0.25) is 5.91 Å². The number of halogens is 1. The maximum Gasteiger partial charge on any atom is 1.00 e. The molecular weight excluding hydrogens is 268 g/mol. The third-order valence-electron chi connectivity index (χ3n) is 2.99. The topological polar surface area (TPSA) is 113 Å². The van der Waals surface area contributed by atoms with Crippen LogP contribution in [0.5, 0.6) is 0 Å². The molecule has 1 saturated heterocycles. The van der Waals surface area contributed by atoms with E-state index in [9.17, 15) is 18.8 Å². The van der Waals surface area contributed by atoms with Gasteiger partial charge in [-0.1, -0.05) is 6.08 Å². The Morgan fingerprint density at radius 2 is 2.25 bits per heavy atom. The Morgan fingerprint density at radius 1 is 1.65 bits per heavy atom. The van der Waals surface area contributed by atoms with Crippen LogP contribution in [0.4, 0.5) is 9.18 Å². The SMILES string of the molecule is CC1=C[C@@H]2CN(C(=O)N2O[C@@H](F)C(=O)O)[C@@H]1C(N)=O.[H-].[Li+]. The Kier molecular flexibility index (Phi) is 4.80. The van der Waals surface area contributed by atoms with Gasteiger partial charge in [0, 0.05) is 0 Å². The third-order valence-corrected chi connectivity index (χ3v) is 2.99. The van der Waals surface area contributed by atoms with Gasteiger partial charge in [0.25, 0.3) is 0 Å². The van der Waals surface area contributed by atoms with Crippen molar-refractivity contribution in [2.75, 3.05) is 6.54 Å². The number of nitrogens with zero attached hydrogens (tertiary/aromatic N) is 2. The summed E-state index contributed by atoms with van der Waals surface area (Å²) in [6, 6.07) is -2.34. The monoisotopic (exact) mass is 281 g/mol. The summed E-state index contributed by atoms with van der Waals surface area (Å²) in [7, 11) is 0. The van der Waals surface area contributed by atoms with Crippen LogP contribution >= 0.6 is 0 Å². The van der Waals surface area contributed by atoms with E-state index in [-0.39, 0.29) is 26.8 Å². The number of carboxylic acids is 1. The first-order chi connectivity index (χ1) is 8.82. The zero-order chi connectivity index (χ0) is 14.3. The number of hydrogen-bond donors (Lipinski definition) is 2. The zero-order valence-electron chi connectivity index (χ0n) is 11.9. The first kappa shape index (κ1) is 16.5. The van der Waals surface area contributed by atoms with Crippen LogP contribution in [0.3, 0.4) is 0 Å². The summed E-state index contributed by atoms with van der Waals surface area (Å²) in [6.45, 7) is 1.70. The molecule has 10 heteroatoms. The molecule has 2 aliphatic rings. The smallest absolute Gasteiger partial charge is 1.00 e. The van der Waals surface area contributed by atoms with Gasteiger partial charge in [0.15, 0.2) is 0 Å². The molecule has 0 aliphatic carbocycles. The fraction of sp³-hybridized carbons (Fsp3) is 0.500. The van der Waals surface area contributed by atoms with E-state index >= 15 is 0 Å². The van der Waals surface area contributed by atoms with Crippen LogP contribution in [0, 0.1) is 0 Å². The zero-order valence-corrected chi connectivity index (χ0v) is 10.9. The van der Waals surface area contributed by atoms with Gasteiger partial charge in [-0.3, -0.25) is 4.79 Å². The molecule has 0 aromatic rings. The number of amides is 3. The molecule has 0 aromatic carbocycles. The van der Waals surface area contributed by atoms with E-state index in [4.69, 9.17) is 10.8 Å². The Hall–Kier alpha value is -1.56. The third kappa shape index (κ3) is 2.65. The van der Waals surface area contributed by atoms with Crippen LogP contribution in [0.2, 0.25) is 0 Å². The molecule has 2 aliphatic heterocycles. The Labute approximate surface area is 126 Å². The molecule has 0 radical (unpaired) electrons. The van der Waals surface area contributed by atoms with Gasteiger partial charge < -0.3 is 17.2 Å². The minimum Gasteiger partial charge on any atom is -1.00 e. The van der Waals surface area contributed by atoms with E-state index in [1.807, 2.05) is 0 Å². The van der Waals surface area contributed by atoms with Gasteiger partial charge in [-0.25, -0.2) is 18.8 Å². The van der Waals surface area contributed by atoms with Gasteiger partial charge in [0.05, 0.1) is 12.6 Å². The summed E-state index contributed by atoms with van der Waals surface area (Å²) < 4.78 is 13.0. The predicted octanol–water partition coefficient (Wildman–Crippen LogP) is -3.67. The summed E-state index contributed by atoms with van der Waals surface area (Å²) in [5.41, 5.74) is 5.73. The number of urea groups is 1. The normalized spacial score (nSPS) is 25.9. The second-order valence-electron chi connectivity index (χ2n) is 4.30. The van der Waals surface area contributed by atoms with Crippen LogP contribution < -0.4 is 24.6 Å². The van der Waals surface area contributed by atoms with Crippen molar-refractivity contribution in [2.24, 2.45) is 5.73 Å². The largest absolute Gasteiger partial charge is 1.00 e. The summed E-state index contributed by atoms with van der Waals surface area (Å²) in [5, 5.41) is 9.04. The van der Waals surface area contributed by atoms with Gasteiger partial charge in [-0.15, -0.1) is 0 Å². The molecule has 3 atom stereocenters. The van der Waals surface area contributed by atoms with Crippen LogP contribution in [0.15, 0.2) is 11.6 Å². The molecule has 2 heterocycles. The number of hydroxylamine groups is 2. The number of carbonyl (C=O) groups is 3. The number of nitrogens with two attached hydrogens (primary N) is 1. The van der Waals surface area contributed by atoms with Gasteiger partial charge >= 0.3 is 37.2 Å². The van der Waals surface area contributed by atoms with Crippen molar-refractivity contribution < 1.29 is 49.0 Å². The maximum atomic E-state index is 13.0. The fourth-order valence-electron chi connectivity index (χ4n) is 2.24. The second kappa shape index (κ2) is 5.83. The summed E-state index contributed by atoms with van der Waals surface area (Å²) in [6.07, 6.45) is -1.11. The van der Waals surface area contributed by atoms with E-state index < -0.39 is 36.3 Å². The predicted molar refractivity (Wildman–Crippen MR) is 59.2 cm³/mol. The molecule has 20 heavy (non-hydrogen) atoms. The average Bonchev–Trinajstić information content (AvgIpc) is 2.54. The summed E-state index contributed by atoms with van der Waals surface area (Å²) in [4.78, 5) is 39.2. The van der Waals surface area contributed by atoms with Crippen molar-refractivity contribution in [3.05, 3.63) is 11.6 Å². The number of carboxylic acid groups (broad SMARTS) is 1. The van der Waals surface area contributed by atoms with E-state index in [0.717, 1.165) is 4.90 Å². The maximum absolute atomic E-state index is 13.0. The number of aliphatic carboxylic acids is 1. The minimum absolute atomic E-state index is 0. The molecule has 0 aromatic heterocycles. The molecule has 3 N–H and O–H groups in total. The van der Waals surface area contributed by atoms with E-state index in [1.165, 1.54) is 6.08 Å². The number of hydrogen-bond acceptors (Lipinski definition) is 4. The van der Waals surface area contributed by atoms with Crippen molar-refractivity contribution >= 4 is 17.9 Å². The Balaban J connectivity index is 0.00000200. The average molecular weight is 281 g/mol. The number of carbonyl (C=O) groups excluding carboxylic acids is 2. The number of primary amides is 1. The van der Waals surface area contributed by atoms with Crippen molar-refractivity contribution in [3.8, 4) is 0 Å². The van der Waals surface area contributed by atoms with Crippen LogP contribution in [0.25, 0.3) is 0 Å². The number of alkyl halides is 1. The van der Waals surface area contributed by atoms with Gasteiger partial charge in [-0.05, 0) is 12.5 Å². The van der Waals surface area contributed by atoms with Crippen molar-refractivity contribution in [2.45, 2.75) is 25.4 Å². The van der Waals surface area contributed by atoms with Crippen molar-refractivity contribution in [1.29, 1.82) is 0 Å². The van der Waals surface area contributed by atoms with Crippen LogP contribution in [0.1, 0.15) is 8.35 Å². The van der Waals surface area contributed by atoms with Gasteiger partial charge in [-0.2, -0.15) is 5.06 Å². The van der Waals surface area contributed by atoms with Crippen LogP contribution in [-0.2, 0) is 14.4 Å². The first-order valence-corrected chi connectivity index (χ1v) is 5.44. The standard InChI is InChI=1S/C10H12FN3O5.Li.H/c1-4-2-5-3-13(6(4)8(12)15)10(18)14(5)19-7(11)9(16)17;;/h2,5-7H,3H2,1H3,(H2,12,15)(H,16,17);;/q;+1;-1/t5-,6+,7-;;/m1../s1. The van der Waals surface area contributed by atoms with Crippen molar-refractivity contribution in [1.82, 2.24) is 9.96 Å². The van der Waals surface area contributed by atoms with Crippen molar-refractivity contribution in [3.63, 3.8) is 0 Å². The quantitative estimate of drug-likeness (QED) is 0.407. The molecule has 1 fully saturated rings. The molecule has 0 unspecified atom stereocenters. The summed E-state index contributed by atoms with van der Waals surface area (Å²) >= 11 is 0. The van der Waals surface area contributed by atoms with E-state index in [2.05, 4.69) is 4.84 Å². The molecule has 0 spiro atoms. The molecule has 3 amide bonds. The molecule has 0 saturated carbocycles. The van der Waals surface area contributed by atoms with Crippen LogP contribution in [-0.4, -0.2) is 58.0 Å². The fourth-order valence-corrected chi connectivity index (χ4v) is 2.24. The van der Waals surface area contributed by atoms with E-state index in [1.54, 1.807) is 6.92 Å². The van der Waals surface area contributed by atoms with E-state index in [0.29, 0.717) is 10.6 Å². The summed E-state index contributed by atoms with van der Waals surface area (Å²) in [5.74, 6) is -2.55. The first-order valence-electron chi connectivity index (χ1n) is 5.44. The Morgan fingerprint density at radius 3 is 2.75 bits per heavy atom. The Bertz CT molecular complexity index is 491. The minimum atomic E-state index is -2.65. The molecule has 2 bridgehead atoms. The molecule has 106 valence electrons. The second-order valence-corrected chi connectivity index (χ2v) is 4.30. The molecule has 8 nitrogen and oxygen atoms in total. The molecule has 2 rings (SSSR count). The molecular formula is C10H13FLiN3O5. The number of rotatable bonds is 4. The number of fused-ring (bicyclic) bond motifs is 2.